The van der Waals surface area contributed by atoms with E-state index in [1.807, 2.05) is 13.2 Å². The van der Waals surface area contributed by atoms with Crippen molar-refractivity contribution in [3.63, 3.8) is 0 Å². The van der Waals surface area contributed by atoms with Gasteiger partial charge >= 0.3 is 0 Å². The van der Waals surface area contributed by atoms with Gasteiger partial charge in [0.25, 0.3) is 0 Å². The number of halogens is 1. The number of anilines is 1. The Hall–Kier alpha value is -1.94. The predicted molar refractivity (Wildman–Crippen MR) is 107 cm³/mol. The van der Waals surface area contributed by atoms with Gasteiger partial charge in [-0.15, -0.1) is 11.3 Å². The van der Waals surface area contributed by atoms with Crippen LogP contribution in [0.4, 0.5) is 5.95 Å². The highest BCUT2D eigenvalue weighted by Crippen LogP contribution is 2.23. The van der Waals surface area contributed by atoms with Gasteiger partial charge in [0.1, 0.15) is 5.01 Å². The summed E-state index contributed by atoms with van der Waals surface area (Å²) < 4.78 is 6.01. The molecular formula is C16H22BrN7OS. The molecule has 3 heterocycles. The van der Waals surface area contributed by atoms with E-state index in [0.29, 0.717) is 18.4 Å². The Morgan fingerprint density at radius 1 is 1.31 bits per heavy atom. The molecule has 1 aliphatic heterocycles. The van der Waals surface area contributed by atoms with Gasteiger partial charge in [0.05, 0.1) is 24.3 Å². The van der Waals surface area contributed by atoms with Crippen LogP contribution in [-0.2, 0) is 6.54 Å². The van der Waals surface area contributed by atoms with Crippen LogP contribution in [0.15, 0.2) is 21.9 Å². The molecule has 0 atom stereocenters. The molecule has 3 rings (SSSR count). The summed E-state index contributed by atoms with van der Waals surface area (Å²) in [5.74, 6) is 2.13. The molecule has 2 aromatic heterocycles. The van der Waals surface area contributed by atoms with Gasteiger partial charge in [-0.25, -0.2) is 9.97 Å². The average Bonchev–Trinajstić information content (AvgIpc) is 3.08. The van der Waals surface area contributed by atoms with Gasteiger partial charge in [-0.1, -0.05) is 0 Å². The third kappa shape index (κ3) is 4.42. The summed E-state index contributed by atoms with van der Waals surface area (Å²) in [4.78, 5) is 23.3. The Kier molecular flexibility index (Phi) is 6.25. The van der Waals surface area contributed by atoms with Gasteiger partial charge in [0, 0.05) is 44.3 Å². The molecule has 0 amide bonds. The van der Waals surface area contributed by atoms with Gasteiger partial charge in [-0.05, 0) is 22.9 Å². The average molecular weight is 440 g/mol. The maximum atomic E-state index is 5.26. The molecule has 140 valence electrons. The highest BCUT2D eigenvalue weighted by atomic mass is 79.9. The van der Waals surface area contributed by atoms with Crippen molar-refractivity contribution in [3.05, 3.63) is 26.8 Å². The molecule has 0 unspecified atom stereocenters. The van der Waals surface area contributed by atoms with E-state index in [-0.39, 0.29) is 0 Å². The van der Waals surface area contributed by atoms with Crippen LogP contribution in [-0.4, -0.2) is 66.1 Å². The molecule has 0 saturated carbocycles. The fraction of sp³-hybridized carbons (Fsp3) is 0.500. The minimum atomic E-state index is 0.550. The van der Waals surface area contributed by atoms with Crippen LogP contribution < -0.4 is 15.0 Å². The first-order valence-electron chi connectivity index (χ1n) is 8.29. The Labute approximate surface area is 165 Å². The van der Waals surface area contributed by atoms with Crippen molar-refractivity contribution in [2.75, 3.05) is 45.2 Å². The van der Waals surface area contributed by atoms with E-state index < -0.39 is 0 Å². The lowest BCUT2D eigenvalue weighted by Crippen LogP contribution is -2.52. The standard InChI is InChI=1S/C16H22BrN7OS/c1-11-8-19-13(26-11)10-21-15(18-2)23-4-6-24(7-5-23)16-20-9-12(17)14(22-16)25-3/h8-9H,4-7,10H2,1-3H3,(H,18,21). The summed E-state index contributed by atoms with van der Waals surface area (Å²) in [6, 6.07) is 0. The highest BCUT2D eigenvalue weighted by Gasteiger charge is 2.22. The molecular weight excluding hydrogens is 418 g/mol. The number of aryl methyl sites for hydroxylation is 1. The Bertz CT molecular complexity index is 774. The molecule has 0 radical (unpaired) electrons. The fourth-order valence-corrected chi connectivity index (χ4v) is 3.81. The normalized spacial score (nSPS) is 15.3. The minimum Gasteiger partial charge on any atom is -0.480 e. The molecule has 0 aliphatic carbocycles. The van der Waals surface area contributed by atoms with Gasteiger partial charge < -0.3 is 19.9 Å². The Morgan fingerprint density at radius 2 is 2.08 bits per heavy atom. The topological polar surface area (TPSA) is 78.8 Å². The summed E-state index contributed by atoms with van der Waals surface area (Å²) in [6.07, 6.45) is 3.62. The van der Waals surface area contributed by atoms with Crippen molar-refractivity contribution in [1.29, 1.82) is 0 Å². The molecule has 2 aromatic rings. The number of thiazole rings is 1. The second-order valence-corrected chi connectivity index (χ2v) is 7.94. The molecule has 0 bridgehead atoms. The first-order valence-corrected chi connectivity index (χ1v) is 9.90. The number of hydrogen-bond acceptors (Lipinski definition) is 7. The van der Waals surface area contributed by atoms with Gasteiger partial charge in [-0.3, -0.25) is 4.99 Å². The molecule has 1 saturated heterocycles. The van der Waals surface area contributed by atoms with Crippen molar-refractivity contribution < 1.29 is 4.74 Å². The quantitative estimate of drug-likeness (QED) is 0.575. The van der Waals surface area contributed by atoms with E-state index in [1.54, 1.807) is 24.6 Å². The van der Waals surface area contributed by atoms with Gasteiger partial charge in [-0.2, -0.15) is 4.98 Å². The third-order valence-electron chi connectivity index (χ3n) is 4.03. The van der Waals surface area contributed by atoms with Crippen LogP contribution in [0.2, 0.25) is 0 Å². The fourth-order valence-electron chi connectivity index (χ4n) is 2.73. The number of nitrogens with one attached hydrogen (secondary N) is 1. The number of nitrogens with zero attached hydrogens (tertiary/aromatic N) is 6. The second-order valence-electron chi connectivity index (χ2n) is 5.77. The monoisotopic (exact) mass is 439 g/mol. The number of rotatable bonds is 4. The van der Waals surface area contributed by atoms with Crippen molar-refractivity contribution in [2.24, 2.45) is 4.99 Å². The third-order valence-corrected chi connectivity index (χ3v) is 5.49. The van der Waals surface area contributed by atoms with E-state index in [0.717, 1.165) is 41.6 Å². The number of hydrogen-bond donors (Lipinski definition) is 1. The number of guanidine groups is 1. The largest absolute Gasteiger partial charge is 0.480 e. The molecule has 10 heteroatoms. The number of piperazine rings is 1. The van der Waals surface area contributed by atoms with Crippen LogP contribution in [0.1, 0.15) is 9.88 Å². The summed E-state index contributed by atoms with van der Waals surface area (Å²) in [7, 11) is 3.42. The lowest BCUT2D eigenvalue weighted by molar-refractivity contribution is 0.366. The summed E-state index contributed by atoms with van der Waals surface area (Å²) in [5, 5.41) is 4.46. The SMILES string of the molecule is CN=C(NCc1ncc(C)s1)N1CCN(c2ncc(Br)c(OC)n2)CC1. The first kappa shape index (κ1) is 18.8. The predicted octanol–water partition coefficient (Wildman–Crippen LogP) is 1.91. The van der Waals surface area contributed by atoms with Gasteiger partial charge in [0.2, 0.25) is 11.8 Å². The number of aromatic nitrogens is 3. The van der Waals surface area contributed by atoms with Crippen LogP contribution in [0, 0.1) is 6.92 Å². The molecule has 1 aliphatic rings. The highest BCUT2D eigenvalue weighted by molar-refractivity contribution is 9.10. The van der Waals surface area contributed by atoms with Crippen molar-refractivity contribution >= 4 is 39.2 Å². The van der Waals surface area contributed by atoms with E-state index >= 15 is 0 Å². The molecule has 8 nitrogen and oxygen atoms in total. The maximum Gasteiger partial charge on any atom is 0.232 e. The Balaban J connectivity index is 1.56. The first-order chi connectivity index (χ1) is 12.6. The lowest BCUT2D eigenvalue weighted by Gasteiger charge is -2.36. The van der Waals surface area contributed by atoms with E-state index in [4.69, 9.17) is 4.74 Å². The van der Waals surface area contributed by atoms with Crippen LogP contribution in [0.5, 0.6) is 5.88 Å². The molecule has 1 fully saturated rings. The number of methoxy groups -OCH3 is 1. The van der Waals surface area contributed by atoms with Crippen LogP contribution in [0.25, 0.3) is 0 Å². The second kappa shape index (κ2) is 8.63. The zero-order chi connectivity index (χ0) is 18.5. The zero-order valence-corrected chi connectivity index (χ0v) is 17.5. The van der Waals surface area contributed by atoms with Crippen molar-refractivity contribution in [3.8, 4) is 5.88 Å². The van der Waals surface area contributed by atoms with E-state index in [2.05, 4.69) is 57.9 Å². The van der Waals surface area contributed by atoms with Crippen LogP contribution in [0.3, 0.4) is 0 Å². The molecule has 1 N–H and O–H groups in total. The smallest absolute Gasteiger partial charge is 0.232 e. The maximum absolute atomic E-state index is 5.26. The van der Waals surface area contributed by atoms with Gasteiger partial charge in [0.15, 0.2) is 5.96 Å². The van der Waals surface area contributed by atoms with E-state index in [9.17, 15) is 0 Å². The zero-order valence-electron chi connectivity index (χ0n) is 15.1. The minimum absolute atomic E-state index is 0.550. The summed E-state index contributed by atoms with van der Waals surface area (Å²) in [5.41, 5.74) is 0. The number of aliphatic imine (C=N–C) groups is 1. The Morgan fingerprint density at radius 3 is 2.69 bits per heavy atom. The molecule has 0 spiro atoms. The van der Waals surface area contributed by atoms with Crippen molar-refractivity contribution in [1.82, 2.24) is 25.2 Å². The molecule has 26 heavy (non-hydrogen) atoms. The lowest BCUT2D eigenvalue weighted by atomic mass is 10.3. The van der Waals surface area contributed by atoms with Crippen molar-refractivity contribution in [2.45, 2.75) is 13.5 Å². The summed E-state index contributed by atoms with van der Waals surface area (Å²) in [6.45, 7) is 6.09. The molecule has 0 aromatic carbocycles. The summed E-state index contributed by atoms with van der Waals surface area (Å²) >= 11 is 5.09. The van der Waals surface area contributed by atoms with E-state index in [1.165, 1.54) is 4.88 Å². The number of ether oxygens (including phenoxy) is 1. The van der Waals surface area contributed by atoms with Crippen LogP contribution >= 0.6 is 27.3 Å².